The Labute approximate surface area is 181 Å². The van der Waals surface area contributed by atoms with E-state index < -0.39 is 11.9 Å². The number of benzene rings is 2. The van der Waals surface area contributed by atoms with E-state index in [1.165, 1.54) is 58.0 Å². The Kier molecular flexibility index (Phi) is 7.06. The van der Waals surface area contributed by atoms with Gasteiger partial charge in [0.15, 0.2) is 11.4 Å². The third-order valence-electron chi connectivity index (χ3n) is 4.03. The first-order valence-electron chi connectivity index (χ1n) is 9.41. The molecular weight excluding hydrogens is 422 g/mol. The predicted molar refractivity (Wildman–Crippen MR) is 110 cm³/mol. The molecule has 0 amide bonds. The third-order valence-corrected chi connectivity index (χ3v) is 4.03. The highest BCUT2D eigenvalue weighted by Gasteiger charge is 2.11. The molecule has 0 unspecified atom stereocenters. The van der Waals surface area contributed by atoms with Crippen LogP contribution in [0.5, 0.6) is 0 Å². The van der Waals surface area contributed by atoms with Gasteiger partial charge in [-0.1, -0.05) is 12.1 Å². The smallest absolute Gasteiger partial charge is 0.358 e. The van der Waals surface area contributed by atoms with E-state index in [-0.39, 0.29) is 23.0 Å². The van der Waals surface area contributed by atoms with Crippen LogP contribution in [0.25, 0.3) is 11.4 Å². The molecule has 4 aromatic rings. The second-order valence-electron chi connectivity index (χ2n) is 6.28. The van der Waals surface area contributed by atoms with Gasteiger partial charge >= 0.3 is 11.9 Å². The van der Waals surface area contributed by atoms with Crippen LogP contribution in [0.2, 0.25) is 0 Å². The molecule has 2 heterocycles. The number of ether oxygens (including phenoxy) is 1. The van der Waals surface area contributed by atoms with E-state index in [0.29, 0.717) is 18.0 Å². The maximum Gasteiger partial charge on any atom is 0.358 e. The van der Waals surface area contributed by atoms with Gasteiger partial charge in [-0.25, -0.2) is 27.7 Å². The van der Waals surface area contributed by atoms with Crippen LogP contribution in [0.15, 0.2) is 73.1 Å². The first kappa shape index (κ1) is 22.3. The lowest BCUT2D eigenvalue weighted by molar-refractivity contribution is 0.0518. The Morgan fingerprint density at radius 3 is 1.81 bits per heavy atom. The minimum absolute atomic E-state index is 0.0701. The minimum Gasteiger partial charge on any atom is -0.476 e. The number of carbonyl (C=O) groups excluding carboxylic acids is 1. The molecule has 0 fully saturated rings. The van der Waals surface area contributed by atoms with Crippen LogP contribution < -0.4 is 0 Å². The van der Waals surface area contributed by atoms with Crippen molar-refractivity contribution in [3.8, 4) is 11.4 Å². The lowest BCUT2D eigenvalue weighted by Gasteiger charge is -2.00. The average Bonchev–Trinajstić information content (AvgIpc) is 3.45. The number of hydrogen-bond acceptors (Lipinski definition) is 5. The van der Waals surface area contributed by atoms with Crippen LogP contribution in [0, 0.1) is 11.6 Å². The zero-order chi connectivity index (χ0) is 23.1. The molecule has 8 nitrogen and oxygen atoms in total. The highest BCUT2D eigenvalue weighted by Crippen LogP contribution is 2.11. The van der Waals surface area contributed by atoms with Crippen LogP contribution in [-0.4, -0.2) is 43.2 Å². The summed E-state index contributed by atoms with van der Waals surface area (Å²) in [7, 11) is 0. The van der Waals surface area contributed by atoms with Crippen LogP contribution in [-0.2, 0) is 4.74 Å². The number of hydrogen-bond donors (Lipinski definition) is 1. The van der Waals surface area contributed by atoms with E-state index in [1.807, 2.05) is 0 Å². The Bertz CT molecular complexity index is 1240. The van der Waals surface area contributed by atoms with E-state index >= 15 is 0 Å². The van der Waals surface area contributed by atoms with Crippen LogP contribution >= 0.6 is 0 Å². The van der Waals surface area contributed by atoms with Gasteiger partial charge in [0.2, 0.25) is 0 Å². The van der Waals surface area contributed by atoms with Gasteiger partial charge < -0.3 is 9.84 Å². The van der Waals surface area contributed by atoms with Gasteiger partial charge in [0.1, 0.15) is 11.6 Å². The second-order valence-corrected chi connectivity index (χ2v) is 6.28. The summed E-state index contributed by atoms with van der Waals surface area (Å²) in [6.07, 6.45) is 3.05. The molecule has 0 aliphatic carbocycles. The predicted octanol–water partition coefficient (Wildman–Crippen LogP) is 3.90. The molecule has 1 N–H and O–H groups in total. The molecule has 2 aromatic heterocycles. The van der Waals surface area contributed by atoms with Crippen molar-refractivity contribution >= 4 is 11.9 Å². The number of carboxylic acids is 1. The second kappa shape index (κ2) is 10.1. The highest BCUT2D eigenvalue weighted by molar-refractivity contribution is 5.87. The number of aromatic carboxylic acids is 1. The van der Waals surface area contributed by atoms with Crippen molar-refractivity contribution in [3.05, 3.63) is 96.1 Å². The summed E-state index contributed by atoms with van der Waals surface area (Å²) in [5, 5.41) is 16.4. The number of halogens is 2. The molecule has 0 spiro atoms. The maximum absolute atomic E-state index is 13.0. The van der Waals surface area contributed by atoms with Gasteiger partial charge in [-0.2, -0.15) is 10.2 Å². The Hall–Kier alpha value is -4.34. The first-order chi connectivity index (χ1) is 15.4. The topological polar surface area (TPSA) is 99.2 Å². The van der Waals surface area contributed by atoms with Crippen molar-refractivity contribution in [2.75, 3.05) is 6.61 Å². The van der Waals surface area contributed by atoms with Crippen molar-refractivity contribution < 1.29 is 28.2 Å². The van der Waals surface area contributed by atoms with Gasteiger partial charge in [-0.15, -0.1) is 0 Å². The fraction of sp³-hybridized carbons (Fsp3) is 0.0909. The molecule has 32 heavy (non-hydrogen) atoms. The number of carbonyl (C=O) groups is 2. The Morgan fingerprint density at radius 1 is 0.875 bits per heavy atom. The molecule has 0 aliphatic rings. The number of esters is 1. The summed E-state index contributed by atoms with van der Waals surface area (Å²) < 4.78 is 33.4. The molecule has 0 bridgehead atoms. The molecule has 164 valence electrons. The summed E-state index contributed by atoms with van der Waals surface area (Å²) in [6, 6.07) is 14.6. The highest BCUT2D eigenvalue weighted by atomic mass is 19.1. The van der Waals surface area contributed by atoms with Gasteiger partial charge in [0.05, 0.1) is 18.0 Å². The standard InChI is InChI=1S/C12H11FN2O2.C10H7FN2O2/c1-2-17-12(16)11-6-7-15(14-11)10-5-3-4-9(13)8-10;11-7-2-1-3-8(6-7)13-5-4-9(12-13)10(14)15/h3-8H,2H2,1H3;1-6H,(H,14,15). The van der Waals surface area contributed by atoms with E-state index in [2.05, 4.69) is 10.2 Å². The van der Waals surface area contributed by atoms with Crippen molar-refractivity contribution in [2.24, 2.45) is 0 Å². The van der Waals surface area contributed by atoms with Crippen LogP contribution in [0.4, 0.5) is 8.78 Å². The van der Waals surface area contributed by atoms with Gasteiger partial charge in [-0.05, 0) is 55.5 Å². The van der Waals surface area contributed by atoms with Gasteiger partial charge in [-0.3, -0.25) is 0 Å². The fourth-order valence-electron chi connectivity index (χ4n) is 2.60. The first-order valence-corrected chi connectivity index (χ1v) is 9.41. The fourth-order valence-corrected chi connectivity index (χ4v) is 2.60. The van der Waals surface area contributed by atoms with Crippen molar-refractivity contribution in [1.82, 2.24) is 19.6 Å². The molecule has 2 aromatic carbocycles. The zero-order valence-corrected chi connectivity index (χ0v) is 16.9. The Morgan fingerprint density at radius 2 is 1.38 bits per heavy atom. The minimum atomic E-state index is -1.11. The third kappa shape index (κ3) is 5.63. The summed E-state index contributed by atoms with van der Waals surface area (Å²) in [5.41, 5.74) is 1.18. The monoisotopic (exact) mass is 440 g/mol. The molecule has 4 rings (SSSR count). The quantitative estimate of drug-likeness (QED) is 0.473. The normalized spacial score (nSPS) is 10.2. The molecule has 0 saturated heterocycles. The van der Waals surface area contributed by atoms with E-state index in [1.54, 1.807) is 31.3 Å². The maximum atomic E-state index is 13.0. The van der Waals surface area contributed by atoms with Gasteiger partial charge in [0.25, 0.3) is 0 Å². The van der Waals surface area contributed by atoms with E-state index in [9.17, 15) is 18.4 Å². The lowest BCUT2D eigenvalue weighted by Crippen LogP contribution is -2.06. The van der Waals surface area contributed by atoms with Crippen molar-refractivity contribution in [2.45, 2.75) is 6.92 Å². The Balaban J connectivity index is 0.000000182. The average molecular weight is 440 g/mol. The van der Waals surface area contributed by atoms with Crippen molar-refractivity contribution in [1.29, 1.82) is 0 Å². The number of carboxylic acid groups (broad SMARTS) is 1. The SMILES string of the molecule is CCOC(=O)c1ccn(-c2cccc(F)c2)n1.O=C(O)c1ccn(-c2cccc(F)c2)n1. The summed E-state index contributed by atoms with van der Waals surface area (Å²) in [4.78, 5) is 21.9. The molecule has 0 radical (unpaired) electrons. The van der Waals surface area contributed by atoms with Crippen LogP contribution in [0.3, 0.4) is 0 Å². The lowest BCUT2D eigenvalue weighted by atomic mass is 10.3. The molecule has 0 aliphatic heterocycles. The van der Waals surface area contributed by atoms with E-state index in [4.69, 9.17) is 9.84 Å². The number of aromatic nitrogens is 4. The summed E-state index contributed by atoms with van der Waals surface area (Å²) in [5.74, 6) is -2.33. The largest absolute Gasteiger partial charge is 0.476 e. The molecule has 0 saturated carbocycles. The van der Waals surface area contributed by atoms with Crippen molar-refractivity contribution in [3.63, 3.8) is 0 Å². The summed E-state index contributed by atoms with van der Waals surface area (Å²) >= 11 is 0. The zero-order valence-electron chi connectivity index (χ0n) is 16.9. The van der Waals surface area contributed by atoms with Gasteiger partial charge in [0, 0.05) is 12.4 Å². The molecule has 10 heteroatoms. The number of nitrogens with zero attached hydrogens (tertiary/aromatic N) is 4. The van der Waals surface area contributed by atoms with E-state index in [0.717, 1.165) is 0 Å². The molecular formula is C22H18F2N4O4. The molecule has 0 atom stereocenters. The summed E-state index contributed by atoms with van der Waals surface area (Å²) in [6.45, 7) is 2.02. The van der Waals surface area contributed by atoms with Crippen LogP contribution in [0.1, 0.15) is 27.9 Å². The number of rotatable bonds is 5.